The lowest BCUT2D eigenvalue weighted by Crippen LogP contribution is -2.34. The normalized spacial score (nSPS) is 12.2. The summed E-state index contributed by atoms with van der Waals surface area (Å²) in [5.74, 6) is 0.947. The molecule has 130 valence electrons. The molecule has 0 bridgehead atoms. The molecule has 0 spiro atoms. The van der Waals surface area contributed by atoms with Crippen molar-refractivity contribution in [2.24, 2.45) is 0 Å². The molecule has 0 saturated heterocycles. The van der Waals surface area contributed by atoms with E-state index in [1.165, 1.54) is 4.88 Å². The fourth-order valence-electron chi connectivity index (χ4n) is 2.62. The number of amides is 1. The number of carbonyl (C=O) groups is 1. The van der Waals surface area contributed by atoms with Crippen LogP contribution in [-0.4, -0.2) is 38.6 Å². The highest BCUT2D eigenvalue weighted by atomic mass is 32.1. The molecule has 2 aromatic rings. The summed E-state index contributed by atoms with van der Waals surface area (Å²) in [5.41, 5.74) is 1.14. The van der Waals surface area contributed by atoms with Crippen molar-refractivity contribution >= 4 is 17.2 Å². The minimum Gasteiger partial charge on any atom is -0.497 e. The van der Waals surface area contributed by atoms with E-state index in [0.717, 1.165) is 24.2 Å². The van der Waals surface area contributed by atoms with Crippen molar-refractivity contribution in [1.29, 1.82) is 0 Å². The van der Waals surface area contributed by atoms with Gasteiger partial charge in [-0.05, 0) is 56.1 Å². The van der Waals surface area contributed by atoms with Crippen LogP contribution in [0, 0.1) is 0 Å². The average Bonchev–Trinajstić information content (AvgIpc) is 3.08. The highest BCUT2D eigenvalue weighted by Gasteiger charge is 2.15. The van der Waals surface area contributed by atoms with Crippen molar-refractivity contribution in [3.63, 3.8) is 0 Å². The lowest BCUT2D eigenvalue weighted by molar-refractivity contribution is -0.121. The number of thiophene rings is 1. The van der Waals surface area contributed by atoms with E-state index in [2.05, 4.69) is 33.8 Å². The predicted octanol–water partition coefficient (Wildman–Crippen LogP) is 3.50. The van der Waals surface area contributed by atoms with E-state index < -0.39 is 0 Å². The van der Waals surface area contributed by atoms with Gasteiger partial charge in [-0.15, -0.1) is 11.3 Å². The minimum absolute atomic E-state index is 0.112. The Hall–Kier alpha value is -1.85. The molecule has 1 N–H and O–H groups in total. The molecule has 0 radical (unpaired) electrons. The van der Waals surface area contributed by atoms with Gasteiger partial charge in [0.1, 0.15) is 5.75 Å². The van der Waals surface area contributed by atoms with Crippen LogP contribution in [0.3, 0.4) is 0 Å². The third-order valence-corrected chi connectivity index (χ3v) is 4.94. The van der Waals surface area contributed by atoms with E-state index in [9.17, 15) is 4.79 Å². The molecule has 24 heavy (non-hydrogen) atoms. The first-order chi connectivity index (χ1) is 11.6. The number of rotatable bonds is 9. The molecule has 1 aromatic carbocycles. The number of nitrogens with zero attached hydrogens (tertiary/aromatic N) is 1. The van der Waals surface area contributed by atoms with Gasteiger partial charge in [0.25, 0.3) is 0 Å². The van der Waals surface area contributed by atoms with E-state index in [0.29, 0.717) is 13.0 Å². The molecule has 5 heteroatoms. The van der Waals surface area contributed by atoms with Gasteiger partial charge < -0.3 is 15.0 Å². The average molecular weight is 346 g/mol. The van der Waals surface area contributed by atoms with Gasteiger partial charge in [-0.3, -0.25) is 4.79 Å². The van der Waals surface area contributed by atoms with Gasteiger partial charge in [0.15, 0.2) is 0 Å². The molecule has 0 saturated carbocycles. The number of hydrogen-bond acceptors (Lipinski definition) is 4. The summed E-state index contributed by atoms with van der Waals surface area (Å²) in [7, 11) is 5.71. The van der Waals surface area contributed by atoms with Crippen molar-refractivity contribution in [2.75, 3.05) is 27.7 Å². The van der Waals surface area contributed by atoms with Crippen LogP contribution in [0.25, 0.3) is 0 Å². The molecule has 1 unspecified atom stereocenters. The summed E-state index contributed by atoms with van der Waals surface area (Å²) in [6, 6.07) is 12.3. The number of ether oxygens (including phenoxy) is 1. The van der Waals surface area contributed by atoms with Crippen molar-refractivity contribution in [3.8, 4) is 5.75 Å². The van der Waals surface area contributed by atoms with Gasteiger partial charge in [-0.25, -0.2) is 0 Å². The lowest BCUT2D eigenvalue weighted by atomic mass is 10.1. The zero-order valence-electron chi connectivity index (χ0n) is 14.6. The monoisotopic (exact) mass is 346 g/mol. The van der Waals surface area contributed by atoms with Crippen LogP contribution in [0.4, 0.5) is 0 Å². The Morgan fingerprint density at radius 1 is 1.29 bits per heavy atom. The Morgan fingerprint density at radius 3 is 2.79 bits per heavy atom. The van der Waals surface area contributed by atoms with Crippen LogP contribution in [0.1, 0.15) is 29.3 Å². The lowest BCUT2D eigenvalue weighted by Gasteiger charge is -2.25. The largest absolute Gasteiger partial charge is 0.497 e. The highest BCUT2D eigenvalue weighted by Crippen LogP contribution is 2.22. The molecule has 2 rings (SSSR count). The van der Waals surface area contributed by atoms with E-state index in [1.54, 1.807) is 18.4 Å². The molecule has 0 aliphatic rings. The number of carbonyl (C=O) groups excluding carboxylic acids is 1. The van der Waals surface area contributed by atoms with E-state index >= 15 is 0 Å². The number of nitrogens with one attached hydrogen (secondary N) is 1. The minimum atomic E-state index is 0.112. The van der Waals surface area contributed by atoms with Gasteiger partial charge in [0.05, 0.1) is 13.2 Å². The number of hydrogen-bond donors (Lipinski definition) is 1. The third kappa shape index (κ3) is 5.65. The Kier molecular flexibility index (Phi) is 7.28. The molecule has 0 aliphatic carbocycles. The topological polar surface area (TPSA) is 41.6 Å². The number of methoxy groups -OCH3 is 1. The van der Waals surface area contributed by atoms with Gasteiger partial charge in [0.2, 0.25) is 5.91 Å². The standard InChI is InChI=1S/C19H26N2O2S/c1-21(2)18(15-7-4-8-16(13-15)23-3)14-20-19(22)11-5-9-17-10-6-12-24-17/h4,6-8,10,12-13,18H,5,9,11,14H2,1-3H3,(H,20,22). The summed E-state index contributed by atoms with van der Waals surface area (Å²) in [6.45, 7) is 0.595. The number of benzene rings is 1. The molecule has 1 aromatic heterocycles. The Balaban J connectivity index is 1.83. The fourth-order valence-corrected chi connectivity index (χ4v) is 3.38. The fraction of sp³-hybridized carbons (Fsp3) is 0.421. The van der Waals surface area contributed by atoms with Crippen molar-refractivity contribution in [3.05, 3.63) is 52.2 Å². The molecule has 1 heterocycles. The van der Waals surface area contributed by atoms with Crippen LogP contribution in [0.2, 0.25) is 0 Å². The number of aryl methyl sites for hydroxylation is 1. The third-order valence-electron chi connectivity index (χ3n) is 4.00. The number of likely N-dealkylation sites (N-methyl/N-ethyl adjacent to an activating group) is 1. The highest BCUT2D eigenvalue weighted by molar-refractivity contribution is 7.09. The first-order valence-electron chi connectivity index (χ1n) is 8.19. The van der Waals surface area contributed by atoms with Gasteiger partial charge in [-0.2, -0.15) is 0 Å². The SMILES string of the molecule is COc1cccc(C(CNC(=O)CCCc2cccs2)N(C)C)c1. The Bertz CT molecular complexity index is 626. The molecule has 4 nitrogen and oxygen atoms in total. The second-order valence-electron chi connectivity index (χ2n) is 5.99. The van der Waals surface area contributed by atoms with Gasteiger partial charge in [-0.1, -0.05) is 18.2 Å². The van der Waals surface area contributed by atoms with Crippen LogP contribution in [-0.2, 0) is 11.2 Å². The Labute approximate surface area is 148 Å². The first-order valence-corrected chi connectivity index (χ1v) is 9.07. The summed E-state index contributed by atoms with van der Waals surface area (Å²) in [5, 5.41) is 5.14. The molecule has 1 amide bonds. The van der Waals surface area contributed by atoms with Crippen LogP contribution in [0.15, 0.2) is 41.8 Å². The summed E-state index contributed by atoms with van der Waals surface area (Å²) in [4.78, 5) is 15.6. The van der Waals surface area contributed by atoms with Crippen molar-refractivity contribution < 1.29 is 9.53 Å². The smallest absolute Gasteiger partial charge is 0.220 e. The molecule has 1 atom stereocenters. The second kappa shape index (κ2) is 9.45. The molecule has 0 fully saturated rings. The molecule has 0 aliphatic heterocycles. The summed E-state index contributed by atoms with van der Waals surface area (Å²) in [6.07, 6.45) is 2.42. The molecular weight excluding hydrogens is 320 g/mol. The first kappa shape index (κ1) is 18.5. The second-order valence-corrected chi connectivity index (χ2v) is 7.03. The maximum absolute atomic E-state index is 12.1. The van der Waals surface area contributed by atoms with E-state index in [-0.39, 0.29) is 11.9 Å². The van der Waals surface area contributed by atoms with Crippen LogP contribution >= 0.6 is 11.3 Å². The Morgan fingerprint density at radius 2 is 2.12 bits per heavy atom. The predicted molar refractivity (Wildman–Crippen MR) is 99.7 cm³/mol. The van der Waals surface area contributed by atoms with Crippen molar-refractivity contribution in [1.82, 2.24) is 10.2 Å². The maximum Gasteiger partial charge on any atom is 0.220 e. The van der Waals surface area contributed by atoms with E-state index in [1.807, 2.05) is 32.3 Å². The zero-order valence-corrected chi connectivity index (χ0v) is 15.4. The van der Waals surface area contributed by atoms with Crippen LogP contribution in [0.5, 0.6) is 5.75 Å². The van der Waals surface area contributed by atoms with Crippen molar-refractivity contribution in [2.45, 2.75) is 25.3 Å². The van der Waals surface area contributed by atoms with Gasteiger partial charge >= 0.3 is 0 Å². The molecular formula is C19H26N2O2S. The van der Waals surface area contributed by atoms with Gasteiger partial charge in [0, 0.05) is 17.8 Å². The summed E-state index contributed by atoms with van der Waals surface area (Å²) >= 11 is 1.75. The van der Waals surface area contributed by atoms with Crippen LogP contribution < -0.4 is 10.1 Å². The van der Waals surface area contributed by atoms with E-state index in [4.69, 9.17) is 4.74 Å². The maximum atomic E-state index is 12.1. The quantitative estimate of drug-likeness (QED) is 0.755. The zero-order chi connectivity index (χ0) is 17.4. The summed E-state index contributed by atoms with van der Waals surface area (Å²) < 4.78 is 5.29.